The van der Waals surface area contributed by atoms with Crippen LogP contribution in [0.15, 0.2) is 35.8 Å². The number of thiazole rings is 1. The second-order valence-corrected chi connectivity index (χ2v) is 4.88. The number of aromatic nitrogens is 1. The molecule has 0 aliphatic carbocycles. The maximum Gasteiger partial charge on any atom is 0.263 e. The zero-order valence-corrected chi connectivity index (χ0v) is 10.6. The quantitative estimate of drug-likeness (QED) is 0.904. The Morgan fingerprint density at radius 2 is 2.00 bits per heavy atom. The van der Waals surface area contributed by atoms with Gasteiger partial charge in [-0.2, -0.15) is 0 Å². The van der Waals surface area contributed by atoms with Crippen LogP contribution in [0.3, 0.4) is 0 Å². The Labute approximate surface area is 105 Å². The molecular formula is C13H14N2OS. The van der Waals surface area contributed by atoms with Crippen molar-refractivity contribution in [3.05, 3.63) is 40.7 Å². The highest BCUT2D eigenvalue weighted by Crippen LogP contribution is 2.25. The lowest BCUT2D eigenvalue weighted by atomic mass is 10.1. The van der Waals surface area contributed by atoms with Crippen molar-refractivity contribution in [3.63, 3.8) is 0 Å². The summed E-state index contributed by atoms with van der Waals surface area (Å²) in [5, 5.41) is 2.89. The first-order valence-electron chi connectivity index (χ1n) is 5.48. The third-order valence-corrected chi connectivity index (χ3v) is 3.07. The summed E-state index contributed by atoms with van der Waals surface area (Å²) in [4.78, 5) is 16.9. The SMILES string of the molecule is CC(C)NC(=O)c1scnc1-c1ccccc1. The minimum absolute atomic E-state index is 0.0543. The van der Waals surface area contributed by atoms with Crippen molar-refractivity contribution in [2.24, 2.45) is 0 Å². The molecule has 0 saturated carbocycles. The lowest BCUT2D eigenvalue weighted by Gasteiger charge is -2.07. The topological polar surface area (TPSA) is 42.0 Å². The molecule has 17 heavy (non-hydrogen) atoms. The number of nitrogens with zero attached hydrogens (tertiary/aromatic N) is 1. The molecule has 1 N–H and O–H groups in total. The molecule has 2 rings (SSSR count). The van der Waals surface area contributed by atoms with Crippen molar-refractivity contribution in [3.8, 4) is 11.3 Å². The van der Waals surface area contributed by atoms with Crippen molar-refractivity contribution < 1.29 is 4.79 Å². The lowest BCUT2D eigenvalue weighted by molar-refractivity contribution is 0.0947. The standard InChI is InChI=1S/C13H14N2OS/c1-9(2)15-13(16)12-11(14-8-17-12)10-6-4-3-5-7-10/h3-9H,1-2H3,(H,15,16). The Hall–Kier alpha value is -1.68. The summed E-state index contributed by atoms with van der Waals surface area (Å²) in [6.45, 7) is 3.89. The molecule has 1 amide bonds. The third kappa shape index (κ3) is 2.71. The molecule has 3 nitrogen and oxygen atoms in total. The maximum atomic E-state index is 12.0. The summed E-state index contributed by atoms with van der Waals surface area (Å²) in [5.74, 6) is -0.0543. The smallest absolute Gasteiger partial charge is 0.263 e. The van der Waals surface area contributed by atoms with E-state index in [1.54, 1.807) is 5.51 Å². The lowest BCUT2D eigenvalue weighted by Crippen LogP contribution is -2.29. The number of nitrogens with one attached hydrogen (secondary N) is 1. The molecule has 0 radical (unpaired) electrons. The van der Waals surface area contributed by atoms with Gasteiger partial charge in [0.15, 0.2) is 0 Å². The highest BCUT2D eigenvalue weighted by Gasteiger charge is 2.16. The number of hydrogen-bond acceptors (Lipinski definition) is 3. The molecule has 0 atom stereocenters. The van der Waals surface area contributed by atoms with Gasteiger partial charge < -0.3 is 5.32 Å². The number of benzene rings is 1. The number of carbonyl (C=O) groups is 1. The maximum absolute atomic E-state index is 12.0. The molecule has 88 valence electrons. The fourth-order valence-electron chi connectivity index (χ4n) is 1.54. The van der Waals surface area contributed by atoms with Crippen LogP contribution < -0.4 is 5.32 Å². The van der Waals surface area contributed by atoms with Crippen LogP contribution in [0.4, 0.5) is 0 Å². The van der Waals surface area contributed by atoms with E-state index in [0.29, 0.717) is 4.88 Å². The summed E-state index contributed by atoms with van der Waals surface area (Å²) in [6.07, 6.45) is 0. The Balaban J connectivity index is 2.32. The molecule has 0 saturated heterocycles. The van der Waals surface area contributed by atoms with E-state index < -0.39 is 0 Å². The monoisotopic (exact) mass is 246 g/mol. The van der Waals surface area contributed by atoms with E-state index in [-0.39, 0.29) is 11.9 Å². The highest BCUT2D eigenvalue weighted by atomic mass is 32.1. The summed E-state index contributed by atoms with van der Waals surface area (Å²) in [5.41, 5.74) is 3.44. The zero-order valence-electron chi connectivity index (χ0n) is 9.81. The first-order chi connectivity index (χ1) is 8.18. The van der Waals surface area contributed by atoms with Gasteiger partial charge in [0.25, 0.3) is 5.91 Å². The van der Waals surface area contributed by atoms with Crippen molar-refractivity contribution in [1.29, 1.82) is 0 Å². The van der Waals surface area contributed by atoms with E-state index in [4.69, 9.17) is 0 Å². The third-order valence-electron chi connectivity index (χ3n) is 2.24. The minimum atomic E-state index is -0.0543. The molecule has 1 aromatic heterocycles. The molecule has 0 unspecified atom stereocenters. The highest BCUT2D eigenvalue weighted by molar-refractivity contribution is 7.12. The van der Waals surface area contributed by atoms with Crippen LogP contribution in [-0.2, 0) is 0 Å². The molecule has 2 aromatic rings. The van der Waals surface area contributed by atoms with Gasteiger partial charge in [-0.1, -0.05) is 30.3 Å². The number of amides is 1. The average molecular weight is 246 g/mol. The van der Waals surface area contributed by atoms with Crippen LogP contribution in [-0.4, -0.2) is 16.9 Å². The largest absolute Gasteiger partial charge is 0.349 e. The van der Waals surface area contributed by atoms with Gasteiger partial charge in [0, 0.05) is 11.6 Å². The van der Waals surface area contributed by atoms with Crippen molar-refractivity contribution in [2.45, 2.75) is 19.9 Å². The molecule has 0 bridgehead atoms. The first-order valence-corrected chi connectivity index (χ1v) is 6.36. The van der Waals surface area contributed by atoms with Crippen molar-refractivity contribution in [1.82, 2.24) is 10.3 Å². The normalized spacial score (nSPS) is 10.5. The van der Waals surface area contributed by atoms with Crippen LogP contribution in [0.1, 0.15) is 23.5 Å². The number of carbonyl (C=O) groups excluding carboxylic acids is 1. The summed E-state index contributed by atoms with van der Waals surface area (Å²) in [7, 11) is 0. The van der Waals surface area contributed by atoms with Crippen LogP contribution in [0.5, 0.6) is 0 Å². The van der Waals surface area contributed by atoms with E-state index in [0.717, 1.165) is 11.3 Å². The van der Waals surface area contributed by atoms with Gasteiger partial charge in [0.05, 0.1) is 11.2 Å². The van der Waals surface area contributed by atoms with Gasteiger partial charge >= 0.3 is 0 Å². The van der Waals surface area contributed by atoms with Crippen LogP contribution in [0.2, 0.25) is 0 Å². The van der Waals surface area contributed by atoms with Gasteiger partial charge in [-0.3, -0.25) is 4.79 Å². The minimum Gasteiger partial charge on any atom is -0.349 e. The van der Waals surface area contributed by atoms with Gasteiger partial charge in [-0.25, -0.2) is 4.98 Å². The zero-order chi connectivity index (χ0) is 12.3. The second-order valence-electron chi connectivity index (χ2n) is 4.02. The molecule has 0 aliphatic heterocycles. The summed E-state index contributed by atoms with van der Waals surface area (Å²) >= 11 is 1.37. The van der Waals surface area contributed by atoms with Gasteiger partial charge in [0.1, 0.15) is 4.88 Å². The van der Waals surface area contributed by atoms with E-state index in [1.807, 2.05) is 44.2 Å². The molecule has 4 heteroatoms. The van der Waals surface area contributed by atoms with E-state index >= 15 is 0 Å². The summed E-state index contributed by atoms with van der Waals surface area (Å²) < 4.78 is 0. The predicted molar refractivity (Wildman–Crippen MR) is 70.2 cm³/mol. The van der Waals surface area contributed by atoms with Gasteiger partial charge in [0.2, 0.25) is 0 Å². The first kappa shape index (κ1) is 11.8. The van der Waals surface area contributed by atoms with E-state index in [2.05, 4.69) is 10.3 Å². The summed E-state index contributed by atoms with van der Waals surface area (Å²) in [6, 6.07) is 9.89. The molecular weight excluding hydrogens is 232 g/mol. The predicted octanol–water partition coefficient (Wildman–Crippen LogP) is 2.95. The van der Waals surface area contributed by atoms with Gasteiger partial charge in [-0.15, -0.1) is 11.3 Å². The van der Waals surface area contributed by atoms with Gasteiger partial charge in [-0.05, 0) is 13.8 Å². The van der Waals surface area contributed by atoms with E-state index in [1.165, 1.54) is 11.3 Å². The number of rotatable bonds is 3. The average Bonchev–Trinajstić information content (AvgIpc) is 2.78. The fraction of sp³-hybridized carbons (Fsp3) is 0.231. The van der Waals surface area contributed by atoms with Crippen LogP contribution in [0.25, 0.3) is 11.3 Å². The molecule has 0 aliphatic rings. The Bertz CT molecular complexity index is 505. The number of hydrogen-bond donors (Lipinski definition) is 1. The molecule has 0 spiro atoms. The Kier molecular flexibility index (Phi) is 3.54. The van der Waals surface area contributed by atoms with Crippen LogP contribution >= 0.6 is 11.3 Å². The fourth-order valence-corrected chi connectivity index (χ4v) is 2.25. The van der Waals surface area contributed by atoms with E-state index in [9.17, 15) is 4.79 Å². The Morgan fingerprint density at radius 3 is 2.65 bits per heavy atom. The molecule has 1 heterocycles. The molecule has 0 fully saturated rings. The molecule has 1 aromatic carbocycles. The van der Waals surface area contributed by atoms with Crippen LogP contribution in [0, 0.1) is 0 Å². The van der Waals surface area contributed by atoms with Crippen molar-refractivity contribution >= 4 is 17.2 Å². The Morgan fingerprint density at radius 1 is 1.29 bits per heavy atom. The van der Waals surface area contributed by atoms with Crippen molar-refractivity contribution in [2.75, 3.05) is 0 Å². The second kappa shape index (κ2) is 5.10.